The number of hydrogen-bond acceptors (Lipinski definition) is 3. The van der Waals surface area contributed by atoms with Crippen LogP contribution in [0.4, 0.5) is 10.5 Å². The van der Waals surface area contributed by atoms with Crippen molar-refractivity contribution in [3.05, 3.63) is 83.7 Å². The molecule has 35 heavy (non-hydrogen) atoms. The van der Waals surface area contributed by atoms with Crippen LogP contribution in [0, 0.1) is 0 Å². The minimum absolute atomic E-state index is 0.139. The van der Waals surface area contributed by atoms with Gasteiger partial charge in [0.05, 0.1) is 16.7 Å². The molecule has 180 valence electrons. The quantitative estimate of drug-likeness (QED) is 0.319. The molecule has 0 saturated carbocycles. The van der Waals surface area contributed by atoms with Gasteiger partial charge >= 0.3 is 6.09 Å². The van der Waals surface area contributed by atoms with E-state index in [1.807, 2.05) is 69.3 Å². The molecule has 0 spiro atoms. The Morgan fingerprint density at radius 1 is 0.914 bits per heavy atom. The molecule has 1 amide bonds. The van der Waals surface area contributed by atoms with Crippen LogP contribution in [0.1, 0.15) is 58.5 Å². The SMILES string of the molecule is CC(C)(C)OC(=O)Nc1ccccc1-c1ccc2[nH]c(C=Cc3ccc(C(C)(C)C)cc3)nc2c1. The van der Waals surface area contributed by atoms with Crippen molar-refractivity contribution in [3.8, 4) is 11.1 Å². The van der Waals surface area contributed by atoms with Crippen molar-refractivity contribution in [2.75, 3.05) is 5.32 Å². The number of ether oxygens (including phenoxy) is 1. The van der Waals surface area contributed by atoms with Gasteiger partial charge in [0.1, 0.15) is 11.4 Å². The second kappa shape index (κ2) is 9.41. The van der Waals surface area contributed by atoms with Gasteiger partial charge in [-0.2, -0.15) is 0 Å². The predicted octanol–water partition coefficient (Wildman–Crippen LogP) is 8.04. The van der Waals surface area contributed by atoms with Crippen LogP contribution in [0.3, 0.4) is 0 Å². The van der Waals surface area contributed by atoms with Gasteiger partial charge in [-0.25, -0.2) is 9.78 Å². The number of anilines is 1. The zero-order chi connectivity index (χ0) is 25.2. The van der Waals surface area contributed by atoms with Crippen molar-refractivity contribution >= 4 is 35.0 Å². The monoisotopic (exact) mass is 467 g/mol. The molecule has 0 unspecified atom stereocenters. The molecule has 0 atom stereocenters. The Morgan fingerprint density at radius 3 is 2.31 bits per heavy atom. The summed E-state index contributed by atoms with van der Waals surface area (Å²) in [5.41, 5.74) is 6.38. The molecule has 0 radical (unpaired) electrons. The Morgan fingerprint density at radius 2 is 1.63 bits per heavy atom. The molecule has 4 rings (SSSR count). The zero-order valence-corrected chi connectivity index (χ0v) is 21.3. The maximum absolute atomic E-state index is 12.3. The van der Waals surface area contributed by atoms with Gasteiger partial charge in [-0.05, 0) is 67.2 Å². The third kappa shape index (κ3) is 6.18. The van der Waals surface area contributed by atoms with Crippen LogP contribution in [-0.2, 0) is 10.2 Å². The molecule has 2 N–H and O–H groups in total. The highest BCUT2D eigenvalue weighted by Gasteiger charge is 2.18. The number of aromatic amines is 1. The fraction of sp³-hybridized carbons (Fsp3) is 0.267. The molecule has 0 aliphatic rings. The number of carbonyl (C=O) groups excluding carboxylic acids is 1. The lowest BCUT2D eigenvalue weighted by Gasteiger charge is -2.20. The first-order valence-corrected chi connectivity index (χ1v) is 11.9. The Balaban J connectivity index is 1.56. The van der Waals surface area contributed by atoms with Gasteiger partial charge in [-0.1, -0.05) is 75.4 Å². The number of nitrogens with one attached hydrogen (secondary N) is 2. The number of fused-ring (bicyclic) bond motifs is 1. The first-order valence-electron chi connectivity index (χ1n) is 11.9. The molecule has 1 heterocycles. The van der Waals surface area contributed by atoms with E-state index in [1.165, 1.54) is 5.56 Å². The van der Waals surface area contributed by atoms with Gasteiger partial charge in [0.25, 0.3) is 0 Å². The van der Waals surface area contributed by atoms with Crippen molar-refractivity contribution in [2.45, 2.75) is 52.6 Å². The molecule has 5 nitrogen and oxygen atoms in total. The summed E-state index contributed by atoms with van der Waals surface area (Å²) >= 11 is 0. The number of para-hydroxylation sites is 1. The smallest absolute Gasteiger partial charge is 0.412 e. The van der Waals surface area contributed by atoms with E-state index in [0.29, 0.717) is 5.69 Å². The highest BCUT2D eigenvalue weighted by molar-refractivity contribution is 5.93. The number of hydrogen-bond donors (Lipinski definition) is 2. The summed E-state index contributed by atoms with van der Waals surface area (Å²) < 4.78 is 5.42. The van der Waals surface area contributed by atoms with Crippen molar-refractivity contribution in [3.63, 3.8) is 0 Å². The van der Waals surface area contributed by atoms with Crippen LogP contribution in [0.15, 0.2) is 66.7 Å². The summed E-state index contributed by atoms with van der Waals surface area (Å²) in [6.07, 6.45) is 3.57. The van der Waals surface area contributed by atoms with E-state index in [1.54, 1.807) is 0 Å². The maximum Gasteiger partial charge on any atom is 0.412 e. The van der Waals surface area contributed by atoms with Gasteiger partial charge < -0.3 is 9.72 Å². The third-order valence-corrected chi connectivity index (χ3v) is 5.59. The van der Waals surface area contributed by atoms with Gasteiger partial charge in [-0.15, -0.1) is 0 Å². The molecule has 0 aliphatic carbocycles. The van der Waals surface area contributed by atoms with Crippen LogP contribution < -0.4 is 5.32 Å². The lowest BCUT2D eigenvalue weighted by molar-refractivity contribution is 0.0636. The molecule has 0 saturated heterocycles. The van der Waals surface area contributed by atoms with Crippen molar-refractivity contribution in [2.24, 2.45) is 0 Å². The lowest BCUT2D eigenvalue weighted by atomic mass is 9.87. The number of aromatic nitrogens is 2. The van der Waals surface area contributed by atoms with E-state index >= 15 is 0 Å². The van der Waals surface area contributed by atoms with E-state index in [0.717, 1.165) is 33.5 Å². The molecule has 3 aromatic carbocycles. The van der Waals surface area contributed by atoms with Crippen molar-refractivity contribution < 1.29 is 9.53 Å². The number of imidazole rings is 1. The summed E-state index contributed by atoms with van der Waals surface area (Å²) in [5.74, 6) is 0.789. The minimum Gasteiger partial charge on any atom is -0.444 e. The number of carbonyl (C=O) groups is 1. The summed E-state index contributed by atoms with van der Waals surface area (Å²) in [4.78, 5) is 20.4. The standard InChI is InChI=1S/C30H33N3O2/c1-29(2,3)22-15-11-20(12-16-22)13-18-27-31-25-17-14-21(19-26(25)32-27)23-9-7-8-10-24(23)33-28(34)35-30(4,5)6/h7-19H,1-6H3,(H,31,32)(H,33,34). The molecule has 0 aliphatic heterocycles. The summed E-state index contributed by atoms with van der Waals surface area (Å²) in [6, 6.07) is 22.3. The second-order valence-electron chi connectivity index (χ2n) is 10.7. The van der Waals surface area contributed by atoms with Gasteiger partial charge in [0, 0.05) is 5.56 Å². The molecule has 5 heteroatoms. The van der Waals surface area contributed by atoms with Gasteiger partial charge in [-0.3, -0.25) is 5.32 Å². The van der Waals surface area contributed by atoms with E-state index in [9.17, 15) is 4.79 Å². The van der Waals surface area contributed by atoms with Crippen LogP contribution in [0.2, 0.25) is 0 Å². The number of nitrogens with zero attached hydrogens (tertiary/aromatic N) is 1. The first-order chi connectivity index (χ1) is 16.5. The molecular formula is C30H33N3O2. The molecule has 0 fully saturated rings. The predicted molar refractivity (Wildman–Crippen MR) is 145 cm³/mol. The highest BCUT2D eigenvalue weighted by atomic mass is 16.6. The number of benzene rings is 3. The maximum atomic E-state index is 12.3. The average Bonchev–Trinajstić information content (AvgIpc) is 3.18. The van der Waals surface area contributed by atoms with Crippen LogP contribution in [-0.4, -0.2) is 21.7 Å². The van der Waals surface area contributed by atoms with Gasteiger partial charge in [0.15, 0.2) is 0 Å². The third-order valence-electron chi connectivity index (χ3n) is 5.59. The molecule has 4 aromatic rings. The summed E-state index contributed by atoms with van der Waals surface area (Å²) in [5, 5.41) is 2.87. The fourth-order valence-corrected chi connectivity index (χ4v) is 3.80. The van der Waals surface area contributed by atoms with Crippen LogP contribution in [0.5, 0.6) is 0 Å². The summed E-state index contributed by atoms with van der Waals surface area (Å²) in [7, 11) is 0. The zero-order valence-electron chi connectivity index (χ0n) is 21.3. The topological polar surface area (TPSA) is 67.0 Å². The number of amides is 1. The number of H-pyrrole nitrogens is 1. The Hall–Kier alpha value is -3.86. The van der Waals surface area contributed by atoms with E-state index in [4.69, 9.17) is 9.72 Å². The Labute approximate surface area is 207 Å². The first kappa shape index (κ1) is 24.3. The van der Waals surface area contributed by atoms with Crippen LogP contribution in [0.25, 0.3) is 34.3 Å². The molecule has 0 bridgehead atoms. The summed E-state index contributed by atoms with van der Waals surface area (Å²) in [6.45, 7) is 12.2. The van der Waals surface area contributed by atoms with Crippen molar-refractivity contribution in [1.29, 1.82) is 0 Å². The second-order valence-corrected chi connectivity index (χ2v) is 10.7. The fourth-order valence-electron chi connectivity index (χ4n) is 3.80. The van der Waals surface area contributed by atoms with E-state index < -0.39 is 11.7 Å². The normalized spacial score (nSPS) is 12.3. The van der Waals surface area contributed by atoms with E-state index in [2.05, 4.69) is 61.4 Å². The minimum atomic E-state index is -0.564. The van der Waals surface area contributed by atoms with Gasteiger partial charge in [0.2, 0.25) is 0 Å². The Kier molecular flexibility index (Phi) is 6.53. The largest absolute Gasteiger partial charge is 0.444 e. The molecular weight excluding hydrogens is 434 g/mol. The highest BCUT2D eigenvalue weighted by Crippen LogP contribution is 2.30. The number of rotatable bonds is 4. The van der Waals surface area contributed by atoms with Crippen LogP contribution >= 0.6 is 0 Å². The lowest BCUT2D eigenvalue weighted by Crippen LogP contribution is -2.27. The molecule has 1 aromatic heterocycles. The average molecular weight is 468 g/mol. The van der Waals surface area contributed by atoms with Crippen molar-refractivity contribution in [1.82, 2.24) is 9.97 Å². The van der Waals surface area contributed by atoms with E-state index in [-0.39, 0.29) is 5.41 Å². The Bertz CT molecular complexity index is 1370.